The number of carbonyl (C=O) groups excluding carboxylic acids is 1. The number of benzene rings is 2. The predicted molar refractivity (Wildman–Crippen MR) is 116 cm³/mol. The van der Waals surface area contributed by atoms with Crippen molar-refractivity contribution in [2.24, 2.45) is 11.3 Å². The molecule has 0 saturated heterocycles. The summed E-state index contributed by atoms with van der Waals surface area (Å²) >= 11 is 3.23. The van der Waals surface area contributed by atoms with Crippen LogP contribution in [0.5, 0.6) is 0 Å². The van der Waals surface area contributed by atoms with E-state index in [1.165, 1.54) is 12.1 Å². The third kappa shape index (κ3) is 3.51. The van der Waals surface area contributed by atoms with Crippen molar-refractivity contribution in [2.75, 3.05) is 5.32 Å². The lowest BCUT2D eigenvalue weighted by atomic mass is 9.75. The molecular formula is C24H21BrF2N2O. The third-order valence-corrected chi connectivity index (χ3v) is 7.35. The fraction of sp³-hybridized carbons (Fsp3) is 0.333. The molecule has 1 N–H and O–H groups in total. The molecule has 2 aliphatic rings. The van der Waals surface area contributed by atoms with Crippen LogP contribution in [0, 0.1) is 23.0 Å². The van der Waals surface area contributed by atoms with Crippen LogP contribution in [-0.4, -0.2) is 10.9 Å². The van der Waals surface area contributed by atoms with Crippen LogP contribution in [-0.2, 0) is 4.79 Å². The van der Waals surface area contributed by atoms with Gasteiger partial charge >= 0.3 is 0 Å². The summed E-state index contributed by atoms with van der Waals surface area (Å²) in [5.41, 5.74) is 2.21. The number of hydrogen-bond acceptors (Lipinski definition) is 2. The van der Waals surface area contributed by atoms with E-state index in [4.69, 9.17) is 0 Å². The number of fused-ring (bicyclic) bond motifs is 1. The molecule has 3 aromatic rings. The van der Waals surface area contributed by atoms with Gasteiger partial charge in [0.15, 0.2) is 0 Å². The number of amides is 1. The lowest BCUT2D eigenvalue weighted by Gasteiger charge is -2.30. The van der Waals surface area contributed by atoms with Crippen LogP contribution in [0.1, 0.15) is 43.6 Å². The topological polar surface area (TPSA) is 42.0 Å². The molecule has 0 unspecified atom stereocenters. The molecule has 2 fully saturated rings. The molecule has 0 aliphatic heterocycles. The Morgan fingerprint density at radius 2 is 1.90 bits per heavy atom. The summed E-state index contributed by atoms with van der Waals surface area (Å²) in [7, 11) is 0. The smallest absolute Gasteiger partial charge is 0.228 e. The molecule has 2 saturated carbocycles. The maximum atomic E-state index is 14.0. The molecule has 3 nitrogen and oxygen atoms in total. The molecule has 1 heterocycles. The SMILES string of the molecule is O=C(Nc1ccc(Br)cc1F)[C@H]1CC12CCC(c1ccnc3ccc(F)cc13)CC2. The molecule has 1 aromatic heterocycles. The number of aromatic nitrogens is 1. The number of nitrogens with one attached hydrogen (secondary N) is 1. The molecular weight excluding hydrogens is 450 g/mol. The van der Waals surface area contributed by atoms with E-state index in [9.17, 15) is 13.6 Å². The minimum atomic E-state index is -0.437. The van der Waals surface area contributed by atoms with E-state index in [1.54, 1.807) is 30.5 Å². The quantitative estimate of drug-likeness (QED) is 0.469. The molecule has 154 valence electrons. The van der Waals surface area contributed by atoms with Gasteiger partial charge in [0.1, 0.15) is 11.6 Å². The summed E-state index contributed by atoms with van der Waals surface area (Å²) in [6.07, 6.45) is 6.49. The minimum absolute atomic E-state index is 0.0283. The molecule has 1 spiro atoms. The van der Waals surface area contributed by atoms with Gasteiger partial charge in [0.05, 0.1) is 11.2 Å². The Hall–Kier alpha value is -2.34. The molecule has 6 heteroatoms. The monoisotopic (exact) mass is 470 g/mol. The van der Waals surface area contributed by atoms with E-state index in [0.29, 0.717) is 10.4 Å². The Balaban J connectivity index is 1.27. The van der Waals surface area contributed by atoms with Gasteiger partial charge in [0.25, 0.3) is 0 Å². The Bertz CT molecular complexity index is 1140. The van der Waals surface area contributed by atoms with Gasteiger partial charge in [-0.1, -0.05) is 15.9 Å². The Morgan fingerprint density at radius 3 is 2.67 bits per heavy atom. The number of pyridine rings is 1. The highest BCUT2D eigenvalue weighted by molar-refractivity contribution is 9.10. The van der Waals surface area contributed by atoms with E-state index in [1.807, 2.05) is 6.07 Å². The van der Waals surface area contributed by atoms with Gasteiger partial charge in [-0.3, -0.25) is 9.78 Å². The molecule has 30 heavy (non-hydrogen) atoms. The molecule has 5 rings (SSSR count). The van der Waals surface area contributed by atoms with Gasteiger partial charge in [-0.05, 0) is 91.5 Å². The third-order valence-electron chi connectivity index (χ3n) is 6.85. The molecule has 1 atom stereocenters. The highest BCUT2D eigenvalue weighted by Gasteiger charge is 2.58. The zero-order valence-electron chi connectivity index (χ0n) is 16.3. The number of carbonyl (C=O) groups is 1. The van der Waals surface area contributed by atoms with E-state index in [0.717, 1.165) is 48.6 Å². The maximum Gasteiger partial charge on any atom is 0.228 e. The highest BCUT2D eigenvalue weighted by Crippen LogP contribution is 2.63. The molecule has 0 bridgehead atoms. The second-order valence-corrected chi connectivity index (χ2v) is 9.48. The van der Waals surface area contributed by atoms with E-state index < -0.39 is 5.82 Å². The number of hydrogen-bond donors (Lipinski definition) is 1. The van der Waals surface area contributed by atoms with Crippen molar-refractivity contribution in [3.05, 3.63) is 70.3 Å². The van der Waals surface area contributed by atoms with Crippen LogP contribution in [0.15, 0.2) is 53.1 Å². The van der Waals surface area contributed by atoms with E-state index in [2.05, 4.69) is 26.2 Å². The van der Waals surface area contributed by atoms with Crippen LogP contribution in [0.2, 0.25) is 0 Å². The van der Waals surface area contributed by atoms with Crippen molar-refractivity contribution in [3.8, 4) is 0 Å². The molecule has 2 aliphatic carbocycles. The van der Waals surface area contributed by atoms with E-state index in [-0.39, 0.29) is 28.7 Å². The number of nitrogens with zero attached hydrogens (tertiary/aromatic N) is 1. The Labute approximate surface area is 182 Å². The second kappa shape index (κ2) is 7.41. The summed E-state index contributed by atoms with van der Waals surface area (Å²) in [4.78, 5) is 17.1. The van der Waals surface area contributed by atoms with Gasteiger partial charge in [0.2, 0.25) is 5.91 Å². The van der Waals surface area contributed by atoms with Gasteiger partial charge < -0.3 is 5.32 Å². The first-order valence-corrected chi connectivity index (χ1v) is 11.0. The summed E-state index contributed by atoms with van der Waals surface area (Å²) in [6, 6.07) is 11.4. The molecule has 2 aromatic carbocycles. The lowest BCUT2D eigenvalue weighted by molar-refractivity contribution is -0.118. The zero-order chi connectivity index (χ0) is 20.9. The maximum absolute atomic E-state index is 14.0. The normalized spacial score (nSPS) is 25.4. The van der Waals surface area contributed by atoms with Crippen molar-refractivity contribution in [3.63, 3.8) is 0 Å². The first kappa shape index (κ1) is 19.6. The highest BCUT2D eigenvalue weighted by atomic mass is 79.9. The number of rotatable bonds is 3. The zero-order valence-corrected chi connectivity index (χ0v) is 17.9. The largest absolute Gasteiger partial charge is 0.323 e. The van der Waals surface area contributed by atoms with Crippen LogP contribution >= 0.6 is 15.9 Å². The van der Waals surface area contributed by atoms with Crippen molar-refractivity contribution in [1.29, 1.82) is 0 Å². The predicted octanol–water partition coefficient (Wildman–Crippen LogP) is 6.58. The minimum Gasteiger partial charge on any atom is -0.323 e. The van der Waals surface area contributed by atoms with Gasteiger partial charge in [-0.2, -0.15) is 0 Å². The summed E-state index contributed by atoms with van der Waals surface area (Å²) in [6.45, 7) is 0. The van der Waals surface area contributed by atoms with Crippen molar-refractivity contribution in [2.45, 2.75) is 38.0 Å². The average molecular weight is 471 g/mol. The van der Waals surface area contributed by atoms with Gasteiger partial charge in [0, 0.05) is 22.0 Å². The van der Waals surface area contributed by atoms with Crippen LogP contribution < -0.4 is 5.32 Å². The molecule has 1 amide bonds. The number of halogens is 3. The Kier molecular flexibility index (Phi) is 4.85. The number of anilines is 1. The van der Waals surface area contributed by atoms with Crippen LogP contribution in [0.3, 0.4) is 0 Å². The van der Waals surface area contributed by atoms with Crippen molar-refractivity contribution < 1.29 is 13.6 Å². The summed E-state index contributed by atoms with van der Waals surface area (Å²) in [5.74, 6) is -0.494. The fourth-order valence-corrected chi connectivity index (χ4v) is 5.41. The summed E-state index contributed by atoms with van der Waals surface area (Å²) < 4.78 is 28.5. The second-order valence-electron chi connectivity index (χ2n) is 8.57. The standard InChI is InChI=1S/C24H21BrF2N2O/c25-15-1-3-22(20(27)11-15)29-23(30)19-13-24(19)8-5-14(6-9-24)17-7-10-28-21-4-2-16(26)12-18(17)21/h1-4,7,10-12,14,19H,5-6,8-9,13H2,(H,29,30)/t14?,19-,24?/m1/s1. The summed E-state index contributed by atoms with van der Waals surface area (Å²) in [5, 5.41) is 3.64. The van der Waals surface area contributed by atoms with Gasteiger partial charge in [-0.15, -0.1) is 0 Å². The van der Waals surface area contributed by atoms with Crippen molar-refractivity contribution >= 4 is 38.4 Å². The van der Waals surface area contributed by atoms with Gasteiger partial charge in [-0.25, -0.2) is 8.78 Å². The average Bonchev–Trinajstić information content (AvgIpc) is 3.44. The van der Waals surface area contributed by atoms with Crippen LogP contribution in [0.25, 0.3) is 10.9 Å². The van der Waals surface area contributed by atoms with Crippen molar-refractivity contribution in [1.82, 2.24) is 4.98 Å². The fourth-order valence-electron chi connectivity index (χ4n) is 5.08. The Morgan fingerprint density at radius 1 is 1.10 bits per heavy atom. The van der Waals surface area contributed by atoms with Crippen LogP contribution in [0.4, 0.5) is 14.5 Å². The van der Waals surface area contributed by atoms with E-state index >= 15 is 0 Å². The molecule has 0 radical (unpaired) electrons. The lowest BCUT2D eigenvalue weighted by Crippen LogP contribution is -2.23. The first-order chi connectivity index (χ1) is 14.4. The first-order valence-electron chi connectivity index (χ1n) is 10.3.